The van der Waals surface area contributed by atoms with Crippen molar-refractivity contribution in [1.29, 1.82) is 0 Å². The van der Waals surface area contributed by atoms with Crippen molar-refractivity contribution in [2.75, 3.05) is 37.6 Å². The Morgan fingerprint density at radius 2 is 1.90 bits per heavy atom. The first-order chi connectivity index (χ1) is 14.1. The van der Waals surface area contributed by atoms with E-state index in [4.69, 9.17) is 4.42 Å². The quantitative estimate of drug-likeness (QED) is 0.503. The Morgan fingerprint density at radius 1 is 1.07 bits per heavy atom. The summed E-state index contributed by atoms with van der Waals surface area (Å²) in [5, 5.41) is 0.931. The molecule has 0 amide bonds. The number of hydrogen-bond acceptors (Lipinski definition) is 5. The number of benzene rings is 1. The van der Waals surface area contributed by atoms with E-state index in [1.165, 1.54) is 0 Å². The number of likely N-dealkylation sites (N-methyl/N-ethyl adjacent to an activating group) is 1. The van der Waals surface area contributed by atoms with E-state index in [0.29, 0.717) is 11.1 Å². The van der Waals surface area contributed by atoms with E-state index in [1.54, 1.807) is 0 Å². The highest BCUT2D eigenvalue weighted by molar-refractivity contribution is 5.85. The number of anilines is 1. The minimum atomic E-state index is -0.314. The van der Waals surface area contributed by atoms with Crippen LogP contribution in [0.3, 0.4) is 0 Å². The summed E-state index contributed by atoms with van der Waals surface area (Å²) in [6.45, 7) is 9.35. The maximum atomic E-state index is 12.7. The van der Waals surface area contributed by atoms with Crippen LogP contribution in [0.4, 0.5) is 5.69 Å². The second-order valence-electron chi connectivity index (χ2n) is 7.68. The summed E-state index contributed by atoms with van der Waals surface area (Å²) in [4.78, 5) is 21.9. The Kier molecular flexibility index (Phi) is 4.36. The molecule has 0 spiro atoms. The molecule has 0 N–H and O–H groups in total. The molecule has 1 saturated heterocycles. The van der Waals surface area contributed by atoms with Crippen LogP contribution in [0, 0.1) is 6.92 Å². The summed E-state index contributed by atoms with van der Waals surface area (Å²) in [6, 6.07) is 10.1. The van der Waals surface area contributed by atoms with E-state index in [2.05, 4.69) is 27.8 Å². The summed E-state index contributed by atoms with van der Waals surface area (Å²) < 4.78 is 7.71. The molecule has 0 bridgehead atoms. The zero-order chi connectivity index (χ0) is 20.0. The first-order valence-corrected chi connectivity index (χ1v) is 10.1. The Hall–Kier alpha value is -3.12. The third-order valence-corrected chi connectivity index (χ3v) is 5.82. The number of aromatic nitrogens is 2. The Bertz CT molecular complexity index is 1250. The second kappa shape index (κ2) is 7.04. The summed E-state index contributed by atoms with van der Waals surface area (Å²) in [5.74, 6) is 0. The summed E-state index contributed by atoms with van der Waals surface area (Å²) >= 11 is 0. The van der Waals surface area contributed by atoms with Gasteiger partial charge in [0.05, 0.1) is 23.0 Å². The molecule has 29 heavy (non-hydrogen) atoms. The number of fused-ring (bicyclic) bond motifs is 2. The first kappa shape index (κ1) is 17.9. The second-order valence-corrected chi connectivity index (χ2v) is 7.68. The van der Waals surface area contributed by atoms with E-state index in [0.717, 1.165) is 60.6 Å². The Balaban J connectivity index is 1.50. The van der Waals surface area contributed by atoms with Crippen LogP contribution in [-0.2, 0) is 0 Å². The van der Waals surface area contributed by atoms with Crippen LogP contribution in [0.5, 0.6) is 0 Å². The molecule has 5 rings (SSSR count). The van der Waals surface area contributed by atoms with Gasteiger partial charge in [0.1, 0.15) is 5.58 Å². The van der Waals surface area contributed by atoms with E-state index in [9.17, 15) is 4.79 Å². The molecule has 4 heterocycles. The lowest BCUT2D eigenvalue weighted by Gasteiger charge is -2.35. The Labute approximate surface area is 169 Å². The van der Waals surface area contributed by atoms with E-state index in [1.807, 2.05) is 54.2 Å². The predicted molar refractivity (Wildman–Crippen MR) is 116 cm³/mol. The van der Waals surface area contributed by atoms with Gasteiger partial charge in [-0.05, 0) is 37.7 Å². The van der Waals surface area contributed by atoms with E-state index in [-0.39, 0.29) is 5.63 Å². The van der Waals surface area contributed by atoms with Crippen molar-refractivity contribution >= 4 is 22.2 Å². The molecule has 1 aromatic carbocycles. The van der Waals surface area contributed by atoms with E-state index < -0.39 is 0 Å². The molecular formula is C23H24N4O2. The van der Waals surface area contributed by atoms with Gasteiger partial charge in [-0.25, -0.2) is 4.79 Å². The van der Waals surface area contributed by atoms with Crippen molar-refractivity contribution in [3.8, 4) is 11.1 Å². The highest BCUT2D eigenvalue weighted by Crippen LogP contribution is 2.27. The largest absolute Gasteiger partial charge is 0.422 e. The van der Waals surface area contributed by atoms with Crippen LogP contribution in [0.1, 0.15) is 12.6 Å². The molecule has 0 aliphatic carbocycles. The van der Waals surface area contributed by atoms with Gasteiger partial charge in [-0.15, -0.1) is 0 Å². The maximum Gasteiger partial charge on any atom is 0.344 e. The number of rotatable bonds is 3. The maximum absolute atomic E-state index is 12.7. The van der Waals surface area contributed by atoms with Gasteiger partial charge in [0.25, 0.3) is 0 Å². The van der Waals surface area contributed by atoms with Gasteiger partial charge in [0.15, 0.2) is 0 Å². The van der Waals surface area contributed by atoms with Crippen LogP contribution in [0.15, 0.2) is 58.1 Å². The molecule has 0 unspecified atom stereocenters. The van der Waals surface area contributed by atoms with Gasteiger partial charge >= 0.3 is 5.63 Å². The molecule has 1 fully saturated rings. The smallest absolute Gasteiger partial charge is 0.344 e. The van der Waals surface area contributed by atoms with Crippen molar-refractivity contribution in [3.05, 3.63) is 65.0 Å². The number of hydrogen-bond donors (Lipinski definition) is 0. The van der Waals surface area contributed by atoms with Gasteiger partial charge in [-0.3, -0.25) is 4.98 Å². The van der Waals surface area contributed by atoms with E-state index >= 15 is 0 Å². The third kappa shape index (κ3) is 3.29. The molecule has 6 heteroatoms. The number of aryl methyl sites for hydroxylation is 1. The molecule has 4 aromatic rings. The minimum Gasteiger partial charge on any atom is -0.422 e. The predicted octanol–water partition coefficient (Wildman–Crippen LogP) is 3.56. The molecule has 3 aromatic heterocycles. The lowest BCUT2D eigenvalue weighted by molar-refractivity contribution is 0.271. The van der Waals surface area contributed by atoms with Gasteiger partial charge < -0.3 is 18.6 Å². The SMILES string of the molecule is CCN1CCN(c2ccc3cc(-c4cc5cnc(C)cn5c4)c(=O)oc3c2)CC1. The summed E-state index contributed by atoms with van der Waals surface area (Å²) in [5.41, 5.74) is 4.72. The molecule has 0 atom stereocenters. The average molecular weight is 388 g/mol. The van der Waals surface area contributed by atoms with Crippen molar-refractivity contribution in [2.45, 2.75) is 13.8 Å². The highest BCUT2D eigenvalue weighted by Gasteiger charge is 2.17. The zero-order valence-corrected chi connectivity index (χ0v) is 16.8. The molecule has 1 aliphatic heterocycles. The first-order valence-electron chi connectivity index (χ1n) is 10.1. The average Bonchev–Trinajstić information content (AvgIpc) is 3.15. The van der Waals surface area contributed by atoms with Crippen LogP contribution in [-0.4, -0.2) is 47.0 Å². The molecule has 148 valence electrons. The number of nitrogens with zero attached hydrogens (tertiary/aromatic N) is 4. The van der Waals surface area contributed by atoms with Crippen LogP contribution < -0.4 is 10.5 Å². The van der Waals surface area contributed by atoms with Gasteiger partial charge in [0.2, 0.25) is 0 Å². The minimum absolute atomic E-state index is 0.314. The van der Waals surface area contributed by atoms with Crippen LogP contribution in [0.25, 0.3) is 27.6 Å². The molecule has 1 aliphatic rings. The molecule has 0 saturated carbocycles. The van der Waals surface area contributed by atoms with Crippen LogP contribution >= 0.6 is 0 Å². The molecular weight excluding hydrogens is 364 g/mol. The highest BCUT2D eigenvalue weighted by atomic mass is 16.4. The lowest BCUT2D eigenvalue weighted by atomic mass is 10.1. The van der Waals surface area contributed by atoms with Crippen molar-refractivity contribution < 1.29 is 4.42 Å². The lowest BCUT2D eigenvalue weighted by Crippen LogP contribution is -2.46. The molecule has 0 radical (unpaired) electrons. The fourth-order valence-corrected chi connectivity index (χ4v) is 4.08. The molecule has 6 nitrogen and oxygen atoms in total. The van der Waals surface area contributed by atoms with Gasteiger partial charge in [0, 0.05) is 61.3 Å². The van der Waals surface area contributed by atoms with Crippen molar-refractivity contribution in [3.63, 3.8) is 0 Å². The van der Waals surface area contributed by atoms with Gasteiger partial charge in [-0.2, -0.15) is 0 Å². The standard InChI is InChI=1S/C23H24N4O2/c1-3-25-6-8-26(9-7-25)19-5-4-17-11-21(23(28)29-22(17)12-19)18-10-20-13-24-16(2)14-27(20)15-18/h4-5,10-15H,3,6-9H2,1-2H3. The fraction of sp³-hybridized carbons (Fsp3) is 0.304. The monoisotopic (exact) mass is 388 g/mol. The Morgan fingerprint density at radius 3 is 2.69 bits per heavy atom. The normalized spacial score (nSPS) is 15.4. The fourth-order valence-electron chi connectivity index (χ4n) is 4.08. The summed E-state index contributed by atoms with van der Waals surface area (Å²) in [6.07, 6.45) is 5.71. The van der Waals surface area contributed by atoms with Crippen molar-refractivity contribution in [2.24, 2.45) is 0 Å². The van der Waals surface area contributed by atoms with Gasteiger partial charge in [-0.1, -0.05) is 6.92 Å². The zero-order valence-electron chi connectivity index (χ0n) is 16.8. The topological polar surface area (TPSA) is 54.0 Å². The number of piperazine rings is 1. The van der Waals surface area contributed by atoms with Crippen molar-refractivity contribution in [1.82, 2.24) is 14.3 Å². The third-order valence-electron chi connectivity index (χ3n) is 5.82. The van der Waals surface area contributed by atoms with Crippen LogP contribution in [0.2, 0.25) is 0 Å². The summed E-state index contributed by atoms with van der Waals surface area (Å²) in [7, 11) is 0.